The standard InChI is InChI=1S/C12H24N2O/c1-9(2)10(8-13)11(15)14-7-5-6-12(14,3)4/h9-10H,5-8,13H2,1-4H3. The molecule has 3 heteroatoms. The van der Waals surface area contributed by atoms with Gasteiger partial charge in [0.25, 0.3) is 0 Å². The van der Waals surface area contributed by atoms with Gasteiger partial charge in [0.2, 0.25) is 5.91 Å². The Balaban J connectivity index is 2.75. The van der Waals surface area contributed by atoms with Crippen LogP contribution in [0.4, 0.5) is 0 Å². The van der Waals surface area contributed by atoms with Gasteiger partial charge >= 0.3 is 0 Å². The summed E-state index contributed by atoms with van der Waals surface area (Å²) >= 11 is 0. The molecule has 1 aliphatic rings. The number of carbonyl (C=O) groups excluding carboxylic acids is 1. The van der Waals surface area contributed by atoms with Crippen LogP contribution in [0.25, 0.3) is 0 Å². The highest BCUT2D eigenvalue weighted by molar-refractivity contribution is 5.80. The first kappa shape index (κ1) is 12.5. The number of nitrogens with two attached hydrogens (primary N) is 1. The van der Waals surface area contributed by atoms with Gasteiger partial charge in [-0.05, 0) is 32.6 Å². The van der Waals surface area contributed by atoms with Crippen LogP contribution in [0, 0.1) is 11.8 Å². The molecule has 0 aromatic carbocycles. The molecular weight excluding hydrogens is 188 g/mol. The van der Waals surface area contributed by atoms with E-state index in [0.717, 1.165) is 19.4 Å². The van der Waals surface area contributed by atoms with Crippen molar-refractivity contribution in [2.24, 2.45) is 17.6 Å². The monoisotopic (exact) mass is 212 g/mol. The first-order chi connectivity index (χ1) is 6.90. The summed E-state index contributed by atoms with van der Waals surface area (Å²) in [4.78, 5) is 14.3. The second-order valence-electron chi connectivity index (χ2n) is 5.49. The zero-order valence-corrected chi connectivity index (χ0v) is 10.4. The third-order valence-electron chi connectivity index (χ3n) is 3.54. The molecule has 0 spiro atoms. The minimum atomic E-state index is -0.0117. The molecule has 0 aromatic heterocycles. The normalized spacial score (nSPS) is 22.1. The summed E-state index contributed by atoms with van der Waals surface area (Å²) in [5, 5.41) is 0. The summed E-state index contributed by atoms with van der Waals surface area (Å²) < 4.78 is 0. The lowest BCUT2D eigenvalue weighted by Gasteiger charge is -2.35. The van der Waals surface area contributed by atoms with Crippen molar-refractivity contribution in [3.63, 3.8) is 0 Å². The van der Waals surface area contributed by atoms with Crippen LogP contribution in [0.15, 0.2) is 0 Å². The fraction of sp³-hybridized carbons (Fsp3) is 0.917. The molecule has 2 N–H and O–H groups in total. The summed E-state index contributed by atoms with van der Waals surface area (Å²) in [5.41, 5.74) is 5.71. The molecule has 15 heavy (non-hydrogen) atoms. The second-order valence-corrected chi connectivity index (χ2v) is 5.49. The van der Waals surface area contributed by atoms with Crippen LogP contribution < -0.4 is 5.73 Å². The van der Waals surface area contributed by atoms with Crippen molar-refractivity contribution in [3.05, 3.63) is 0 Å². The highest BCUT2D eigenvalue weighted by Gasteiger charge is 2.38. The molecule has 88 valence electrons. The van der Waals surface area contributed by atoms with Crippen molar-refractivity contribution in [1.82, 2.24) is 4.90 Å². The quantitative estimate of drug-likeness (QED) is 0.772. The van der Waals surface area contributed by atoms with Crippen LogP contribution in [-0.2, 0) is 4.79 Å². The largest absolute Gasteiger partial charge is 0.337 e. The van der Waals surface area contributed by atoms with Gasteiger partial charge in [-0.1, -0.05) is 13.8 Å². The Morgan fingerprint density at radius 3 is 2.40 bits per heavy atom. The van der Waals surface area contributed by atoms with Crippen LogP contribution in [-0.4, -0.2) is 29.4 Å². The molecule has 0 saturated carbocycles. The van der Waals surface area contributed by atoms with Gasteiger partial charge in [0, 0.05) is 18.6 Å². The van der Waals surface area contributed by atoms with Gasteiger partial charge in [0.1, 0.15) is 0 Å². The molecular formula is C12H24N2O. The molecule has 1 fully saturated rings. The van der Waals surface area contributed by atoms with Crippen molar-refractivity contribution in [3.8, 4) is 0 Å². The lowest BCUT2D eigenvalue weighted by molar-refractivity contribution is -0.139. The molecule has 0 radical (unpaired) electrons. The number of hydrogen-bond donors (Lipinski definition) is 1. The van der Waals surface area contributed by atoms with E-state index >= 15 is 0 Å². The van der Waals surface area contributed by atoms with E-state index in [4.69, 9.17) is 5.73 Å². The average molecular weight is 212 g/mol. The van der Waals surface area contributed by atoms with Gasteiger partial charge in [-0.15, -0.1) is 0 Å². The van der Waals surface area contributed by atoms with E-state index in [1.54, 1.807) is 0 Å². The van der Waals surface area contributed by atoms with E-state index in [9.17, 15) is 4.79 Å². The predicted molar refractivity (Wildman–Crippen MR) is 62.4 cm³/mol. The Morgan fingerprint density at radius 2 is 2.07 bits per heavy atom. The maximum Gasteiger partial charge on any atom is 0.227 e. The zero-order chi connectivity index (χ0) is 11.6. The van der Waals surface area contributed by atoms with Crippen LogP contribution >= 0.6 is 0 Å². The number of rotatable bonds is 3. The summed E-state index contributed by atoms with van der Waals surface area (Å²) in [6, 6.07) is 0. The van der Waals surface area contributed by atoms with Crippen LogP contribution in [0.3, 0.4) is 0 Å². The van der Waals surface area contributed by atoms with Gasteiger partial charge in [-0.2, -0.15) is 0 Å². The Hall–Kier alpha value is -0.570. The molecule has 0 bridgehead atoms. The van der Waals surface area contributed by atoms with Crippen molar-refractivity contribution in [1.29, 1.82) is 0 Å². The van der Waals surface area contributed by atoms with E-state index in [1.165, 1.54) is 0 Å². The maximum absolute atomic E-state index is 12.3. The molecule has 0 aliphatic carbocycles. The number of carbonyl (C=O) groups is 1. The molecule has 3 nitrogen and oxygen atoms in total. The number of hydrogen-bond acceptors (Lipinski definition) is 2. The van der Waals surface area contributed by atoms with E-state index in [1.807, 2.05) is 4.90 Å². The summed E-state index contributed by atoms with van der Waals surface area (Å²) in [7, 11) is 0. The van der Waals surface area contributed by atoms with Crippen LogP contribution in [0.2, 0.25) is 0 Å². The fourth-order valence-corrected chi connectivity index (χ4v) is 2.37. The number of likely N-dealkylation sites (tertiary alicyclic amines) is 1. The minimum absolute atomic E-state index is 0.0117. The van der Waals surface area contributed by atoms with Crippen molar-refractivity contribution < 1.29 is 4.79 Å². The minimum Gasteiger partial charge on any atom is -0.337 e. The second kappa shape index (κ2) is 4.52. The Kier molecular flexibility index (Phi) is 3.77. The van der Waals surface area contributed by atoms with E-state index in [-0.39, 0.29) is 17.4 Å². The third-order valence-corrected chi connectivity index (χ3v) is 3.54. The molecule has 1 aliphatic heterocycles. The van der Waals surface area contributed by atoms with Crippen molar-refractivity contribution >= 4 is 5.91 Å². The molecule has 1 rings (SSSR count). The van der Waals surface area contributed by atoms with Gasteiger partial charge in [-0.3, -0.25) is 4.79 Å². The van der Waals surface area contributed by atoms with Crippen molar-refractivity contribution in [2.75, 3.05) is 13.1 Å². The van der Waals surface area contributed by atoms with Crippen molar-refractivity contribution in [2.45, 2.75) is 46.1 Å². The average Bonchev–Trinajstić information content (AvgIpc) is 2.45. The molecule has 1 unspecified atom stereocenters. The van der Waals surface area contributed by atoms with Crippen LogP contribution in [0.5, 0.6) is 0 Å². The van der Waals surface area contributed by atoms with Gasteiger partial charge in [0.15, 0.2) is 0 Å². The smallest absolute Gasteiger partial charge is 0.227 e. The Morgan fingerprint density at radius 1 is 1.47 bits per heavy atom. The molecule has 0 aromatic rings. The maximum atomic E-state index is 12.3. The van der Waals surface area contributed by atoms with E-state index in [0.29, 0.717) is 12.5 Å². The molecule has 1 amide bonds. The van der Waals surface area contributed by atoms with Crippen LogP contribution in [0.1, 0.15) is 40.5 Å². The molecule has 1 heterocycles. The number of amides is 1. The topological polar surface area (TPSA) is 46.3 Å². The SMILES string of the molecule is CC(C)C(CN)C(=O)N1CCCC1(C)C. The fourth-order valence-electron chi connectivity index (χ4n) is 2.37. The summed E-state index contributed by atoms with van der Waals surface area (Å²) in [6.07, 6.45) is 2.22. The van der Waals surface area contributed by atoms with E-state index in [2.05, 4.69) is 27.7 Å². The van der Waals surface area contributed by atoms with Gasteiger partial charge in [0.05, 0.1) is 5.92 Å². The lowest BCUT2D eigenvalue weighted by atomic mass is 9.92. The first-order valence-electron chi connectivity index (χ1n) is 5.91. The summed E-state index contributed by atoms with van der Waals surface area (Å²) in [5.74, 6) is 0.566. The third kappa shape index (κ3) is 2.51. The summed E-state index contributed by atoms with van der Waals surface area (Å²) in [6.45, 7) is 9.78. The van der Waals surface area contributed by atoms with E-state index < -0.39 is 0 Å². The highest BCUT2D eigenvalue weighted by atomic mass is 16.2. The predicted octanol–water partition coefficient (Wildman–Crippen LogP) is 1.62. The molecule has 1 atom stereocenters. The van der Waals surface area contributed by atoms with Gasteiger partial charge < -0.3 is 10.6 Å². The molecule has 1 saturated heterocycles. The van der Waals surface area contributed by atoms with Gasteiger partial charge in [-0.25, -0.2) is 0 Å². The zero-order valence-electron chi connectivity index (χ0n) is 10.4. The number of nitrogens with zero attached hydrogens (tertiary/aromatic N) is 1. The Bertz CT molecular complexity index is 236. The Labute approximate surface area is 93.0 Å². The highest BCUT2D eigenvalue weighted by Crippen LogP contribution is 2.30. The first-order valence-corrected chi connectivity index (χ1v) is 5.91. The lowest BCUT2D eigenvalue weighted by Crippen LogP contribution is -2.48.